The van der Waals surface area contributed by atoms with E-state index in [4.69, 9.17) is 9.47 Å². The number of allylic oxidation sites excluding steroid dienone is 1. The van der Waals surface area contributed by atoms with Crippen LogP contribution in [0.25, 0.3) is 6.08 Å². The lowest BCUT2D eigenvalue weighted by Gasteiger charge is -2.14. The predicted molar refractivity (Wildman–Crippen MR) is 96.3 cm³/mol. The van der Waals surface area contributed by atoms with Crippen LogP contribution in [0.4, 0.5) is 5.13 Å². The van der Waals surface area contributed by atoms with Crippen molar-refractivity contribution < 1.29 is 19.1 Å². The summed E-state index contributed by atoms with van der Waals surface area (Å²) in [6.07, 6.45) is 1.42. The molecule has 0 aliphatic carbocycles. The topological polar surface area (TPSA) is 92.5 Å². The number of thiazole rings is 1. The second-order valence-corrected chi connectivity index (χ2v) is 6.22. The van der Waals surface area contributed by atoms with Crippen molar-refractivity contribution in [3.8, 4) is 17.6 Å². The molecule has 7 nitrogen and oxygen atoms in total. The Labute approximate surface area is 154 Å². The van der Waals surface area contributed by atoms with Crippen molar-refractivity contribution >= 4 is 34.2 Å². The van der Waals surface area contributed by atoms with Crippen LogP contribution in [0.2, 0.25) is 0 Å². The van der Waals surface area contributed by atoms with Crippen LogP contribution in [0.3, 0.4) is 0 Å². The normalized spacial score (nSPS) is 12.6. The third-order valence-electron chi connectivity index (χ3n) is 3.73. The van der Waals surface area contributed by atoms with Crippen molar-refractivity contribution in [3.05, 3.63) is 40.4 Å². The molecule has 2 heterocycles. The van der Waals surface area contributed by atoms with Crippen LogP contribution in [0, 0.1) is 11.3 Å². The number of carbonyl (C=O) groups is 2. The molecule has 0 saturated heterocycles. The van der Waals surface area contributed by atoms with Gasteiger partial charge >= 0.3 is 0 Å². The van der Waals surface area contributed by atoms with Crippen molar-refractivity contribution in [3.63, 3.8) is 0 Å². The number of rotatable bonds is 5. The van der Waals surface area contributed by atoms with Crippen LogP contribution in [-0.2, 0) is 4.79 Å². The molecule has 8 heteroatoms. The van der Waals surface area contributed by atoms with Crippen molar-refractivity contribution in [2.75, 3.05) is 18.2 Å². The largest absolute Gasteiger partial charge is 0.454 e. The first-order valence-corrected chi connectivity index (χ1v) is 8.71. The third-order valence-corrected chi connectivity index (χ3v) is 4.61. The zero-order valence-electron chi connectivity index (χ0n) is 14.2. The monoisotopic (exact) mass is 369 g/mol. The van der Waals surface area contributed by atoms with Crippen molar-refractivity contribution in [1.82, 2.24) is 4.98 Å². The number of nitrogens with zero attached hydrogens (tertiary/aromatic N) is 3. The minimum absolute atomic E-state index is 0.0495. The summed E-state index contributed by atoms with van der Waals surface area (Å²) >= 11 is 1.28. The molecule has 2 aromatic rings. The summed E-state index contributed by atoms with van der Waals surface area (Å²) in [4.78, 5) is 30.1. The van der Waals surface area contributed by atoms with Gasteiger partial charge in [-0.3, -0.25) is 14.5 Å². The first kappa shape index (κ1) is 17.6. The molecule has 0 radical (unpaired) electrons. The maximum absolute atomic E-state index is 12.6. The fourth-order valence-corrected chi connectivity index (χ4v) is 3.34. The number of fused-ring (bicyclic) bond motifs is 1. The van der Waals surface area contributed by atoms with E-state index in [-0.39, 0.29) is 18.3 Å². The Hall–Kier alpha value is -3.18. The van der Waals surface area contributed by atoms with Crippen LogP contribution >= 0.6 is 11.3 Å². The lowest BCUT2D eigenvalue weighted by atomic mass is 10.0. The molecule has 0 atom stereocenters. The van der Waals surface area contributed by atoms with E-state index >= 15 is 0 Å². The maximum atomic E-state index is 12.6. The van der Waals surface area contributed by atoms with Crippen LogP contribution in [-0.4, -0.2) is 30.0 Å². The molecule has 1 aromatic heterocycles. The van der Waals surface area contributed by atoms with Gasteiger partial charge in [0.2, 0.25) is 18.5 Å². The second kappa shape index (κ2) is 7.37. The highest BCUT2D eigenvalue weighted by Crippen LogP contribution is 2.33. The van der Waals surface area contributed by atoms with Crippen molar-refractivity contribution in [2.45, 2.75) is 13.8 Å². The molecule has 0 fully saturated rings. The van der Waals surface area contributed by atoms with Gasteiger partial charge in [-0.2, -0.15) is 5.26 Å². The molecule has 3 rings (SSSR count). The Balaban J connectivity index is 1.87. The Morgan fingerprint density at radius 1 is 1.38 bits per heavy atom. The Morgan fingerprint density at radius 2 is 2.15 bits per heavy atom. The summed E-state index contributed by atoms with van der Waals surface area (Å²) in [5, 5.41) is 11.6. The van der Waals surface area contributed by atoms with E-state index < -0.39 is 5.78 Å². The number of ether oxygens (including phenoxy) is 2. The summed E-state index contributed by atoms with van der Waals surface area (Å²) in [5.74, 6) is 0.495. The van der Waals surface area contributed by atoms with E-state index in [2.05, 4.69) is 4.98 Å². The summed E-state index contributed by atoms with van der Waals surface area (Å²) in [6, 6.07) is 6.69. The van der Waals surface area contributed by atoms with Gasteiger partial charge in [0.15, 0.2) is 16.6 Å². The van der Waals surface area contributed by atoms with Gasteiger partial charge in [-0.25, -0.2) is 4.98 Å². The van der Waals surface area contributed by atoms with E-state index in [1.165, 1.54) is 29.2 Å². The number of aromatic nitrogens is 1. The van der Waals surface area contributed by atoms with Crippen LogP contribution in [0.15, 0.2) is 29.2 Å². The standard InChI is InChI=1S/C18H15N3O4S/c1-3-21(11(2)22)18-20-14(9-26-18)6-13(8-19)17(23)12-4-5-15-16(7-12)25-10-24-15/h4-7,9H,3,10H2,1-2H3. The smallest absolute Gasteiger partial charge is 0.231 e. The fourth-order valence-electron chi connectivity index (χ4n) is 2.45. The Bertz CT molecular complexity index is 942. The van der Waals surface area contributed by atoms with Crippen molar-refractivity contribution in [2.24, 2.45) is 0 Å². The predicted octanol–water partition coefficient (Wildman–Crippen LogP) is 3.03. The number of hydrogen-bond donors (Lipinski definition) is 0. The number of ketones is 1. The zero-order chi connectivity index (χ0) is 18.7. The molecule has 0 unspecified atom stereocenters. The number of Topliss-reactive ketones (excluding diaryl/α,β-unsaturated/α-hetero) is 1. The number of amides is 1. The van der Waals surface area contributed by atoms with Crippen LogP contribution in [0.5, 0.6) is 11.5 Å². The number of carbonyl (C=O) groups excluding carboxylic acids is 2. The van der Waals surface area contributed by atoms with Gasteiger partial charge in [0.1, 0.15) is 11.6 Å². The number of hydrogen-bond acceptors (Lipinski definition) is 7. The first-order valence-electron chi connectivity index (χ1n) is 7.83. The molecule has 1 aliphatic rings. The molecule has 1 aromatic carbocycles. The lowest BCUT2D eigenvalue weighted by molar-refractivity contribution is -0.116. The SMILES string of the molecule is CCN(C(C)=O)c1nc(C=C(C#N)C(=O)c2ccc3c(c2)OCO3)cs1. The molecule has 1 aliphatic heterocycles. The molecule has 0 saturated carbocycles. The van der Waals surface area contributed by atoms with Crippen LogP contribution in [0.1, 0.15) is 29.9 Å². The van der Waals surface area contributed by atoms with Gasteiger partial charge in [-0.15, -0.1) is 11.3 Å². The van der Waals surface area contributed by atoms with E-state index in [9.17, 15) is 14.9 Å². The van der Waals surface area contributed by atoms with Crippen molar-refractivity contribution in [1.29, 1.82) is 5.26 Å². The lowest BCUT2D eigenvalue weighted by Crippen LogP contribution is -2.27. The number of nitriles is 1. The molecule has 132 valence electrons. The molecular weight excluding hydrogens is 354 g/mol. The summed E-state index contributed by atoms with van der Waals surface area (Å²) in [5.41, 5.74) is 0.735. The second-order valence-electron chi connectivity index (χ2n) is 5.39. The zero-order valence-corrected chi connectivity index (χ0v) is 15.0. The van der Waals surface area contributed by atoms with Gasteiger partial charge in [0.25, 0.3) is 0 Å². The molecular formula is C18H15N3O4S. The minimum atomic E-state index is -0.431. The number of benzene rings is 1. The highest BCUT2D eigenvalue weighted by atomic mass is 32.1. The molecule has 0 spiro atoms. The average molecular weight is 369 g/mol. The fraction of sp³-hybridized carbons (Fsp3) is 0.222. The van der Waals surface area contributed by atoms with E-state index in [0.717, 1.165) is 0 Å². The third kappa shape index (κ3) is 3.43. The van der Waals surface area contributed by atoms with Gasteiger partial charge in [-0.1, -0.05) is 0 Å². The molecule has 0 N–H and O–H groups in total. The Morgan fingerprint density at radius 3 is 2.85 bits per heavy atom. The first-order chi connectivity index (χ1) is 12.5. The highest BCUT2D eigenvalue weighted by molar-refractivity contribution is 7.14. The van der Waals surface area contributed by atoms with E-state index in [0.29, 0.717) is 34.4 Å². The van der Waals surface area contributed by atoms with E-state index in [1.54, 1.807) is 23.6 Å². The minimum Gasteiger partial charge on any atom is -0.454 e. The number of anilines is 1. The summed E-state index contributed by atoms with van der Waals surface area (Å²) in [7, 11) is 0. The van der Waals surface area contributed by atoms with Gasteiger partial charge in [-0.05, 0) is 31.2 Å². The summed E-state index contributed by atoms with van der Waals surface area (Å²) in [6.45, 7) is 3.92. The maximum Gasteiger partial charge on any atom is 0.231 e. The van der Waals surface area contributed by atoms with E-state index in [1.807, 2.05) is 13.0 Å². The van der Waals surface area contributed by atoms with Gasteiger partial charge < -0.3 is 9.47 Å². The Kier molecular flexibility index (Phi) is 5.00. The average Bonchev–Trinajstić information content (AvgIpc) is 3.28. The van der Waals surface area contributed by atoms with Crippen LogP contribution < -0.4 is 14.4 Å². The summed E-state index contributed by atoms with van der Waals surface area (Å²) < 4.78 is 10.5. The molecule has 26 heavy (non-hydrogen) atoms. The molecule has 1 amide bonds. The van der Waals surface area contributed by atoms with Gasteiger partial charge in [0.05, 0.1) is 5.69 Å². The quantitative estimate of drug-likeness (QED) is 0.457. The highest BCUT2D eigenvalue weighted by Gasteiger charge is 2.19. The molecule has 0 bridgehead atoms. The van der Waals surface area contributed by atoms with Gasteiger partial charge in [0, 0.05) is 24.4 Å².